The molecule has 1 aliphatic heterocycles. The van der Waals surface area contributed by atoms with E-state index in [0.717, 1.165) is 24.5 Å². The standard InChI is InChI=1S/C21H22N2O7/c1-28-16-8-9-19(29-2)17(12-16)18-7-4-10-22(18)20(24)13-30-21(25)14-5-3-6-15(11-14)23(26)27/h3,5-6,8-9,11-12,18H,4,7,10,13H2,1-2H3/t18-/m0/s1. The molecule has 0 saturated carbocycles. The number of nitro benzene ring substituents is 1. The number of rotatable bonds is 7. The molecule has 0 aliphatic carbocycles. The first-order valence-electron chi connectivity index (χ1n) is 9.37. The second kappa shape index (κ2) is 9.25. The van der Waals surface area contributed by atoms with Crippen molar-refractivity contribution < 1.29 is 28.7 Å². The molecule has 158 valence electrons. The maximum Gasteiger partial charge on any atom is 0.338 e. The highest BCUT2D eigenvalue weighted by Crippen LogP contribution is 2.38. The molecule has 0 bridgehead atoms. The number of nitro groups is 1. The van der Waals surface area contributed by atoms with E-state index >= 15 is 0 Å². The lowest BCUT2D eigenvalue weighted by molar-refractivity contribution is -0.384. The van der Waals surface area contributed by atoms with Gasteiger partial charge in [-0.25, -0.2) is 4.79 Å². The number of hydrogen-bond donors (Lipinski definition) is 0. The minimum Gasteiger partial charge on any atom is -0.497 e. The number of ether oxygens (including phenoxy) is 3. The average Bonchev–Trinajstić information content (AvgIpc) is 3.26. The Labute approximate surface area is 173 Å². The van der Waals surface area contributed by atoms with Gasteiger partial charge in [-0.1, -0.05) is 6.07 Å². The van der Waals surface area contributed by atoms with Gasteiger partial charge in [0.2, 0.25) is 0 Å². The maximum atomic E-state index is 12.8. The van der Waals surface area contributed by atoms with Gasteiger partial charge in [0.15, 0.2) is 6.61 Å². The van der Waals surface area contributed by atoms with Crippen LogP contribution in [0.1, 0.15) is 34.8 Å². The summed E-state index contributed by atoms with van der Waals surface area (Å²) in [5, 5.41) is 10.9. The minimum absolute atomic E-state index is 0.0180. The predicted molar refractivity (Wildman–Crippen MR) is 107 cm³/mol. The number of likely N-dealkylation sites (tertiary alicyclic amines) is 1. The summed E-state index contributed by atoms with van der Waals surface area (Å²) in [6, 6.07) is 10.4. The van der Waals surface area contributed by atoms with Crippen molar-refractivity contribution >= 4 is 17.6 Å². The van der Waals surface area contributed by atoms with Crippen LogP contribution in [0.25, 0.3) is 0 Å². The Balaban J connectivity index is 1.70. The quantitative estimate of drug-likeness (QED) is 0.389. The summed E-state index contributed by atoms with van der Waals surface area (Å²) in [4.78, 5) is 36.9. The molecule has 3 rings (SSSR count). The maximum absolute atomic E-state index is 12.8. The zero-order chi connectivity index (χ0) is 21.7. The van der Waals surface area contributed by atoms with E-state index in [-0.39, 0.29) is 23.2 Å². The number of esters is 1. The van der Waals surface area contributed by atoms with E-state index in [1.54, 1.807) is 31.3 Å². The Bertz CT molecular complexity index is 960. The number of benzene rings is 2. The summed E-state index contributed by atoms with van der Waals surface area (Å²) < 4.78 is 15.8. The van der Waals surface area contributed by atoms with Gasteiger partial charge in [0.25, 0.3) is 11.6 Å². The minimum atomic E-state index is -0.790. The highest BCUT2D eigenvalue weighted by Gasteiger charge is 2.32. The first kappa shape index (κ1) is 21.1. The molecule has 1 amide bonds. The van der Waals surface area contributed by atoms with Gasteiger partial charge in [0.1, 0.15) is 11.5 Å². The summed E-state index contributed by atoms with van der Waals surface area (Å²) in [6.07, 6.45) is 1.55. The number of carbonyl (C=O) groups excluding carboxylic acids is 2. The third-order valence-electron chi connectivity index (χ3n) is 4.99. The van der Waals surface area contributed by atoms with E-state index in [0.29, 0.717) is 18.0 Å². The van der Waals surface area contributed by atoms with E-state index in [4.69, 9.17) is 14.2 Å². The van der Waals surface area contributed by atoms with Crippen molar-refractivity contribution in [2.75, 3.05) is 27.4 Å². The predicted octanol–water partition coefficient (Wildman–Crippen LogP) is 3.13. The molecule has 30 heavy (non-hydrogen) atoms. The zero-order valence-corrected chi connectivity index (χ0v) is 16.7. The molecular formula is C21H22N2O7. The van der Waals surface area contributed by atoms with Crippen LogP contribution >= 0.6 is 0 Å². The van der Waals surface area contributed by atoms with Crippen LogP contribution < -0.4 is 9.47 Å². The van der Waals surface area contributed by atoms with Gasteiger partial charge < -0.3 is 19.1 Å². The number of methoxy groups -OCH3 is 2. The van der Waals surface area contributed by atoms with Crippen molar-refractivity contribution in [2.45, 2.75) is 18.9 Å². The van der Waals surface area contributed by atoms with Crippen molar-refractivity contribution in [3.63, 3.8) is 0 Å². The van der Waals surface area contributed by atoms with Gasteiger partial charge in [-0.15, -0.1) is 0 Å². The molecule has 1 heterocycles. The van der Waals surface area contributed by atoms with Crippen LogP contribution in [0.4, 0.5) is 5.69 Å². The zero-order valence-electron chi connectivity index (χ0n) is 16.7. The Hall–Kier alpha value is -3.62. The largest absolute Gasteiger partial charge is 0.497 e. The topological polar surface area (TPSA) is 108 Å². The lowest BCUT2D eigenvalue weighted by Gasteiger charge is -2.26. The van der Waals surface area contributed by atoms with Crippen molar-refractivity contribution in [2.24, 2.45) is 0 Å². The molecule has 0 radical (unpaired) electrons. The number of non-ortho nitro benzene ring substituents is 1. The third kappa shape index (κ3) is 4.51. The van der Waals surface area contributed by atoms with Gasteiger partial charge in [0, 0.05) is 24.2 Å². The van der Waals surface area contributed by atoms with Gasteiger partial charge in [-0.3, -0.25) is 14.9 Å². The molecule has 1 saturated heterocycles. The van der Waals surface area contributed by atoms with E-state index in [2.05, 4.69) is 0 Å². The average molecular weight is 414 g/mol. The van der Waals surface area contributed by atoms with E-state index in [9.17, 15) is 19.7 Å². The van der Waals surface area contributed by atoms with Gasteiger partial charge in [-0.2, -0.15) is 0 Å². The van der Waals surface area contributed by atoms with Crippen LogP contribution in [0, 0.1) is 10.1 Å². The Morgan fingerprint density at radius 3 is 2.67 bits per heavy atom. The molecule has 0 spiro atoms. The van der Waals surface area contributed by atoms with Crippen LogP contribution in [-0.4, -0.2) is 49.1 Å². The Morgan fingerprint density at radius 2 is 1.97 bits per heavy atom. The molecule has 0 aromatic heterocycles. The number of carbonyl (C=O) groups is 2. The smallest absolute Gasteiger partial charge is 0.338 e. The van der Waals surface area contributed by atoms with Crippen LogP contribution in [-0.2, 0) is 9.53 Å². The van der Waals surface area contributed by atoms with E-state index in [1.165, 1.54) is 18.2 Å². The van der Waals surface area contributed by atoms with Crippen molar-refractivity contribution in [1.29, 1.82) is 0 Å². The summed E-state index contributed by atoms with van der Waals surface area (Å²) in [5.74, 6) is 0.166. The first-order chi connectivity index (χ1) is 14.4. The van der Waals surface area contributed by atoms with Crippen LogP contribution in [0.15, 0.2) is 42.5 Å². The summed E-state index contributed by atoms with van der Waals surface area (Å²) >= 11 is 0. The Kier molecular flexibility index (Phi) is 6.51. The van der Waals surface area contributed by atoms with Crippen LogP contribution in [0.2, 0.25) is 0 Å². The fourth-order valence-electron chi connectivity index (χ4n) is 3.53. The van der Waals surface area contributed by atoms with Gasteiger partial charge >= 0.3 is 5.97 Å². The monoisotopic (exact) mass is 414 g/mol. The molecule has 0 unspecified atom stereocenters. The van der Waals surface area contributed by atoms with Crippen molar-refractivity contribution in [3.8, 4) is 11.5 Å². The highest BCUT2D eigenvalue weighted by molar-refractivity contribution is 5.92. The fraction of sp³-hybridized carbons (Fsp3) is 0.333. The van der Waals surface area contributed by atoms with Gasteiger partial charge in [0.05, 0.1) is 30.7 Å². The molecule has 1 fully saturated rings. The lowest BCUT2D eigenvalue weighted by atomic mass is 10.0. The fourth-order valence-corrected chi connectivity index (χ4v) is 3.53. The molecule has 1 aliphatic rings. The first-order valence-corrected chi connectivity index (χ1v) is 9.37. The van der Waals surface area contributed by atoms with Crippen LogP contribution in [0.5, 0.6) is 11.5 Å². The highest BCUT2D eigenvalue weighted by atomic mass is 16.6. The molecule has 9 nitrogen and oxygen atoms in total. The summed E-state index contributed by atoms with van der Waals surface area (Å²) in [5.41, 5.74) is 0.623. The molecular weight excluding hydrogens is 392 g/mol. The summed E-state index contributed by atoms with van der Waals surface area (Å²) in [7, 11) is 3.13. The van der Waals surface area contributed by atoms with Crippen molar-refractivity contribution in [3.05, 3.63) is 63.7 Å². The van der Waals surface area contributed by atoms with E-state index < -0.39 is 17.5 Å². The molecule has 0 N–H and O–H groups in total. The normalized spacial score (nSPS) is 15.5. The third-order valence-corrected chi connectivity index (χ3v) is 4.99. The van der Waals surface area contributed by atoms with Crippen LogP contribution in [0.3, 0.4) is 0 Å². The number of nitrogens with zero attached hydrogens (tertiary/aromatic N) is 2. The number of hydrogen-bond acceptors (Lipinski definition) is 7. The molecule has 9 heteroatoms. The molecule has 1 atom stereocenters. The SMILES string of the molecule is COc1ccc(OC)c([C@@H]2CCCN2C(=O)COC(=O)c2cccc([N+](=O)[O-])c2)c1. The lowest BCUT2D eigenvalue weighted by Crippen LogP contribution is -2.34. The molecule has 2 aromatic carbocycles. The second-order valence-electron chi connectivity index (χ2n) is 6.74. The molecule has 2 aromatic rings. The second-order valence-corrected chi connectivity index (χ2v) is 6.74. The number of amides is 1. The summed E-state index contributed by atoms with van der Waals surface area (Å²) in [6.45, 7) is 0.0720. The van der Waals surface area contributed by atoms with E-state index in [1.807, 2.05) is 6.07 Å². The van der Waals surface area contributed by atoms with Gasteiger partial charge in [-0.05, 0) is 37.1 Å². The Morgan fingerprint density at radius 1 is 1.17 bits per heavy atom. The van der Waals surface area contributed by atoms with Crippen molar-refractivity contribution in [1.82, 2.24) is 4.90 Å².